The zero-order valence-electron chi connectivity index (χ0n) is 15.2. The molecule has 1 N–H and O–H groups in total. The maximum atomic E-state index is 12.5. The molecule has 0 unspecified atom stereocenters. The third kappa shape index (κ3) is 3.99. The van der Waals surface area contributed by atoms with Gasteiger partial charge in [-0.05, 0) is 18.5 Å². The van der Waals surface area contributed by atoms with Crippen LogP contribution in [-0.2, 0) is 9.59 Å². The number of hydrogen-bond donors (Lipinski definition) is 1. The normalized spacial score (nSPS) is 20.8. The van der Waals surface area contributed by atoms with Crippen LogP contribution in [0.1, 0.15) is 6.42 Å². The van der Waals surface area contributed by atoms with Gasteiger partial charge in [0.15, 0.2) is 5.17 Å². The van der Waals surface area contributed by atoms with Crippen LogP contribution in [0.5, 0.6) is 0 Å². The van der Waals surface area contributed by atoms with E-state index in [9.17, 15) is 9.59 Å². The third-order valence-corrected chi connectivity index (χ3v) is 6.15. The largest absolute Gasteiger partial charge is 0.349 e. The van der Waals surface area contributed by atoms with Crippen molar-refractivity contribution in [3.63, 3.8) is 0 Å². The van der Waals surface area contributed by atoms with Gasteiger partial charge in [0.25, 0.3) is 5.91 Å². The lowest BCUT2D eigenvalue weighted by Crippen LogP contribution is -2.46. The Balaban J connectivity index is 1.38. The fraction of sp³-hybridized carbons (Fsp3) is 0.350. The first-order valence-electron chi connectivity index (χ1n) is 9.10. The smallest absolute Gasteiger partial charge is 0.262 e. The minimum absolute atomic E-state index is 0.132. The first-order valence-corrected chi connectivity index (χ1v) is 9.98. The van der Waals surface area contributed by atoms with Crippen LogP contribution in [0.4, 0.5) is 5.69 Å². The van der Waals surface area contributed by atoms with E-state index in [1.165, 1.54) is 11.8 Å². The van der Waals surface area contributed by atoms with Crippen molar-refractivity contribution in [2.24, 2.45) is 4.99 Å². The number of thioether (sulfide) groups is 1. The van der Waals surface area contributed by atoms with Gasteiger partial charge in [-0.3, -0.25) is 9.59 Å². The summed E-state index contributed by atoms with van der Waals surface area (Å²) in [6, 6.07) is 13.7. The molecule has 1 atom stereocenters. The Hall–Kier alpha value is -2.38. The number of carbonyl (C=O) groups excluding carboxylic acids is 2. The summed E-state index contributed by atoms with van der Waals surface area (Å²) in [5.74, 6) is -0.367. The van der Waals surface area contributed by atoms with Crippen LogP contribution in [0.2, 0.25) is 0 Å². The molecule has 0 spiro atoms. The number of amidine groups is 1. The molecule has 7 heteroatoms. The summed E-state index contributed by atoms with van der Waals surface area (Å²) in [4.78, 5) is 33.4. The molecule has 2 aromatic carbocycles. The maximum absolute atomic E-state index is 12.5. The van der Waals surface area contributed by atoms with Crippen molar-refractivity contribution < 1.29 is 9.59 Å². The summed E-state index contributed by atoms with van der Waals surface area (Å²) < 4.78 is 0. The Morgan fingerprint density at radius 1 is 1.15 bits per heavy atom. The number of nitrogens with zero attached hydrogens (tertiary/aromatic N) is 3. The minimum atomic E-state index is -0.436. The van der Waals surface area contributed by atoms with Crippen molar-refractivity contribution in [3.8, 4) is 0 Å². The highest BCUT2D eigenvalue weighted by atomic mass is 32.2. The van der Waals surface area contributed by atoms with E-state index in [4.69, 9.17) is 0 Å². The standard InChI is InChI=1S/C20H22N4O2S/c1-23-9-11-24(12-10-23)20-22-19(26)17(27-20)13-18(25)21-16-8-4-6-14-5-2-3-7-15(14)16/h2-8,17H,9-13H2,1H3,(H,21,25)/t17-/m1/s1. The number of amides is 2. The maximum Gasteiger partial charge on any atom is 0.262 e. The van der Waals surface area contributed by atoms with Crippen LogP contribution in [0, 0.1) is 0 Å². The molecule has 0 saturated carbocycles. The van der Waals surface area contributed by atoms with Crippen molar-refractivity contribution in [2.75, 3.05) is 38.5 Å². The van der Waals surface area contributed by atoms with Crippen LogP contribution in [0.25, 0.3) is 10.8 Å². The Bertz CT molecular complexity index is 900. The number of hydrogen-bond acceptors (Lipinski definition) is 5. The molecule has 2 aliphatic heterocycles. The SMILES string of the molecule is CN1CCN(C2=NC(=O)[C@@H](CC(=O)Nc3cccc4ccccc34)S2)CC1. The van der Waals surface area contributed by atoms with Crippen molar-refractivity contribution in [1.82, 2.24) is 9.80 Å². The number of benzene rings is 2. The Morgan fingerprint density at radius 3 is 2.70 bits per heavy atom. The lowest BCUT2D eigenvalue weighted by molar-refractivity contribution is -0.121. The van der Waals surface area contributed by atoms with Crippen LogP contribution in [0.15, 0.2) is 47.5 Å². The van der Waals surface area contributed by atoms with E-state index >= 15 is 0 Å². The summed E-state index contributed by atoms with van der Waals surface area (Å²) in [6.07, 6.45) is 0.132. The van der Waals surface area contributed by atoms with E-state index in [2.05, 4.69) is 27.2 Å². The summed E-state index contributed by atoms with van der Waals surface area (Å²) >= 11 is 1.42. The average Bonchev–Trinajstić information content (AvgIpc) is 3.03. The van der Waals surface area contributed by atoms with E-state index in [-0.39, 0.29) is 18.2 Å². The second-order valence-electron chi connectivity index (χ2n) is 6.91. The fourth-order valence-corrected chi connectivity index (χ4v) is 4.46. The number of likely N-dealkylation sites (N-methyl/N-ethyl adjacent to an activating group) is 1. The number of carbonyl (C=O) groups is 2. The molecule has 2 amide bonds. The fourth-order valence-electron chi connectivity index (χ4n) is 3.35. The van der Waals surface area contributed by atoms with Crippen LogP contribution < -0.4 is 5.32 Å². The molecular weight excluding hydrogens is 360 g/mol. The molecule has 2 aliphatic rings. The van der Waals surface area contributed by atoms with Gasteiger partial charge in [-0.25, -0.2) is 0 Å². The molecule has 0 aromatic heterocycles. The number of piperazine rings is 1. The van der Waals surface area contributed by atoms with Crippen LogP contribution >= 0.6 is 11.8 Å². The molecule has 140 valence electrons. The van der Waals surface area contributed by atoms with Gasteiger partial charge in [0, 0.05) is 43.7 Å². The van der Waals surface area contributed by atoms with E-state index in [0.29, 0.717) is 0 Å². The average molecular weight is 382 g/mol. The Labute approximate surface area is 162 Å². The summed E-state index contributed by atoms with van der Waals surface area (Å²) in [5.41, 5.74) is 0.772. The predicted octanol–water partition coefficient (Wildman–Crippen LogP) is 2.41. The first kappa shape index (κ1) is 18.0. The molecule has 0 bridgehead atoms. The van der Waals surface area contributed by atoms with Gasteiger partial charge in [0.1, 0.15) is 5.25 Å². The third-order valence-electron chi connectivity index (χ3n) is 4.94. The number of rotatable bonds is 3. The highest BCUT2D eigenvalue weighted by Crippen LogP contribution is 2.29. The summed E-state index contributed by atoms with van der Waals surface area (Å²) in [6.45, 7) is 3.65. The van der Waals surface area contributed by atoms with Gasteiger partial charge in [0.2, 0.25) is 5.91 Å². The quantitative estimate of drug-likeness (QED) is 0.883. The van der Waals surface area contributed by atoms with Crippen molar-refractivity contribution in [1.29, 1.82) is 0 Å². The highest BCUT2D eigenvalue weighted by Gasteiger charge is 2.33. The lowest BCUT2D eigenvalue weighted by atomic mass is 10.1. The topological polar surface area (TPSA) is 65.0 Å². The summed E-state index contributed by atoms with van der Waals surface area (Å²) in [7, 11) is 2.09. The molecule has 2 aromatic rings. The van der Waals surface area contributed by atoms with Crippen molar-refractivity contribution in [3.05, 3.63) is 42.5 Å². The van der Waals surface area contributed by atoms with Gasteiger partial charge >= 0.3 is 0 Å². The number of fused-ring (bicyclic) bond motifs is 1. The Kier molecular flexibility index (Phi) is 5.13. The zero-order valence-corrected chi connectivity index (χ0v) is 16.0. The van der Waals surface area contributed by atoms with Crippen molar-refractivity contribution in [2.45, 2.75) is 11.7 Å². The van der Waals surface area contributed by atoms with Gasteiger partial charge in [-0.15, -0.1) is 0 Å². The summed E-state index contributed by atoms with van der Waals surface area (Å²) in [5, 5.41) is 5.35. The van der Waals surface area contributed by atoms with Crippen molar-refractivity contribution >= 4 is 45.2 Å². The van der Waals surface area contributed by atoms with Gasteiger partial charge in [-0.2, -0.15) is 4.99 Å². The van der Waals surface area contributed by atoms with Crippen LogP contribution in [0.3, 0.4) is 0 Å². The van der Waals surface area contributed by atoms with Gasteiger partial charge < -0.3 is 15.1 Å². The highest BCUT2D eigenvalue weighted by molar-refractivity contribution is 8.15. The molecule has 6 nitrogen and oxygen atoms in total. The zero-order chi connectivity index (χ0) is 18.8. The van der Waals surface area contributed by atoms with E-state index < -0.39 is 5.25 Å². The Morgan fingerprint density at radius 2 is 1.89 bits per heavy atom. The lowest BCUT2D eigenvalue weighted by Gasteiger charge is -2.33. The number of nitrogens with one attached hydrogen (secondary N) is 1. The molecule has 0 aliphatic carbocycles. The molecule has 1 saturated heterocycles. The molecular formula is C20H22N4O2S. The molecule has 0 radical (unpaired) electrons. The number of anilines is 1. The second-order valence-corrected chi connectivity index (χ2v) is 8.08. The monoisotopic (exact) mass is 382 g/mol. The first-order chi connectivity index (χ1) is 13.1. The predicted molar refractivity (Wildman–Crippen MR) is 110 cm³/mol. The molecule has 2 heterocycles. The second kappa shape index (κ2) is 7.70. The van der Waals surface area contributed by atoms with E-state index in [1.807, 2.05) is 42.5 Å². The molecule has 27 heavy (non-hydrogen) atoms. The van der Waals surface area contributed by atoms with Crippen LogP contribution in [-0.4, -0.2) is 65.3 Å². The van der Waals surface area contributed by atoms with Gasteiger partial charge in [-0.1, -0.05) is 48.2 Å². The minimum Gasteiger partial charge on any atom is -0.349 e. The van der Waals surface area contributed by atoms with E-state index in [0.717, 1.165) is 47.8 Å². The molecule has 1 fully saturated rings. The van der Waals surface area contributed by atoms with Gasteiger partial charge in [0.05, 0.1) is 0 Å². The molecule has 4 rings (SSSR count). The number of aliphatic imine (C=N–C) groups is 1. The van der Waals surface area contributed by atoms with E-state index in [1.54, 1.807) is 0 Å².